The molecular formula is C24H34FN5O6. The Morgan fingerprint density at radius 2 is 2.00 bits per heavy atom. The minimum Gasteiger partial charge on any atom is -0.434 e. The summed E-state index contributed by atoms with van der Waals surface area (Å²) in [4.78, 5) is 23.0. The molecule has 0 bridgehead atoms. The molecule has 3 rings (SSSR count). The smallest absolute Gasteiger partial charge is 0.434 e. The number of hydrogen-bond acceptors (Lipinski definition) is 10. The largest absolute Gasteiger partial charge is 0.510 e. The average Bonchev–Trinajstić information content (AvgIpc) is 3.42. The predicted octanol–water partition coefficient (Wildman–Crippen LogP) is 3.47. The number of unbranched alkanes of at least 4 members (excludes halogenated alkanes) is 7. The van der Waals surface area contributed by atoms with Crippen LogP contribution in [-0.2, 0) is 18.9 Å². The summed E-state index contributed by atoms with van der Waals surface area (Å²) in [6.45, 7) is 1.78. The number of ether oxygens (including phenoxy) is 4. The van der Waals surface area contributed by atoms with Crippen LogP contribution in [0.25, 0.3) is 11.2 Å². The topological polar surface area (TPSA) is 144 Å². The Morgan fingerprint density at radius 3 is 2.72 bits per heavy atom. The molecule has 2 aromatic rings. The molecule has 198 valence electrons. The van der Waals surface area contributed by atoms with E-state index in [0.29, 0.717) is 0 Å². The van der Waals surface area contributed by atoms with Gasteiger partial charge in [-0.2, -0.15) is 14.4 Å². The molecule has 0 saturated carbocycles. The van der Waals surface area contributed by atoms with E-state index in [-0.39, 0.29) is 36.6 Å². The number of carbonyl (C=O) groups excluding carboxylic acids is 1. The van der Waals surface area contributed by atoms with Crippen molar-refractivity contribution in [3.8, 4) is 12.3 Å². The number of imidazole rings is 1. The molecule has 1 aliphatic heterocycles. The summed E-state index contributed by atoms with van der Waals surface area (Å²) in [7, 11) is 0. The van der Waals surface area contributed by atoms with Gasteiger partial charge in [-0.25, -0.2) is 9.78 Å². The van der Waals surface area contributed by atoms with Crippen molar-refractivity contribution in [1.82, 2.24) is 19.5 Å². The van der Waals surface area contributed by atoms with Gasteiger partial charge in [-0.05, 0) is 6.42 Å². The van der Waals surface area contributed by atoms with E-state index in [1.54, 1.807) is 0 Å². The summed E-state index contributed by atoms with van der Waals surface area (Å²) < 4.78 is 36.3. The number of nitrogens with zero attached hydrogens (tertiary/aromatic N) is 4. The highest BCUT2D eigenvalue weighted by atomic mass is 19.1. The number of aliphatic hydroxyl groups excluding tert-OH is 1. The zero-order valence-corrected chi connectivity index (χ0v) is 20.5. The number of hydrogen-bond donors (Lipinski definition) is 2. The molecule has 3 atom stereocenters. The van der Waals surface area contributed by atoms with Crippen molar-refractivity contribution in [2.45, 2.75) is 82.6 Å². The third-order valence-corrected chi connectivity index (χ3v) is 6.08. The van der Waals surface area contributed by atoms with Gasteiger partial charge in [0.05, 0.1) is 19.5 Å². The van der Waals surface area contributed by atoms with Crippen LogP contribution in [0.15, 0.2) is 6.33 Å². The van der Waals surface area contributed by atoms with Gasteiger partial charge >= 0.3 is 12.2 Å². The lowest BCUT2D eigenvalue weighted by atomic mass is 9.99. The van der Waals surface area contributed by atoms with Crippen molar-refractivity contribution in [2.75, 3.05) is 25.7 Å². The van der Waals surface area contributed by atoms with Crippen molar-refractivity contribution in [2.24, 2.45) is 0 Å². The van der Waals surface area contributed by atoms with Crippen molar-refractivity contribution in [3.05, 3.63) is 12.4 Å². The van der Waals surface area contributed by atoms with E-state index in [0.717, 1.165) is 19.3 Å². The third-order valence-electron chi connectivity index (χ3n) is 6.08. The lowest BCUT2D eigenvalue weighted by Crippen LogP contribution is -2.42. The van der Waals surface area contributed by atoms with Crippen LogP contribution in [0, 0.1) is 18.4 Å². The SMILES string of the molecule is C#C[C@]1(COCOC(=O)OCCCCCCCCCC)O[C@@H](n2cnc3c(N)nc(F)nc32)C[C@@H]1O. The molecule has 0 spiro atoms. The molecule has 2 aromatic heterocycles. The number of fused-ring (bicyclic) bond motifs is 1. The Hall–Kier alpha value is -3.01. The molecule has 0 radical (unpaired) electrons. The van der Waals surface area contributed by atoms with Crippen LogP contribution in [0.2, 0.25) is 0 Å². The normalized spacial score (nSPS) is 21.5. The van der Waals surface area contributed by atoms with Gasteiger partial charge in [-0.15, -0.1) is 6.42 Å². The number of halogens is 1. The van der Waals surface area contributed by atoms with Crippen molar-refractivity contribution in [1.29, 1.82) is 0 Å². The number of rotatable bonds is 14. The Morgan fingerprint density at radius 1 is 1.28 bits per heavy atom. The summed E-state index contributed by atoms with van der Waals surface area (Å²) in [5, 5.41) is 10.6. The summed E-state index contributed by atoms with van der Waals surface area (Å²) in [5.41, 5.74) is 4.47. The molecule has 1 fully saturated rings. The van der Waals surface area contributed by atoms with E-state index >= 15 is 0 Å². The van der Waals surface area contributed by atoms with E-state index in [2.05, 4.69) is 27.8 Å². The van der Waals surface area contributed by atoms with Crippen LogP contribution >= 0.6 is 0 Å². The van der Waals surface area contributed by atoms with Gasteiger partial charge in [0.15, 0.2) is 29.4 Å². The zero-order chi connectivity index (χ0) is 26.0. The van der Waals surface area contributed by atoms with Gasteiger partial charge in [0.25, 0.3) is 0 Å². The molecule has 11 nitrogen and oxygen atoms in total. The van der Waals surface area contributed by atoms with Crippen LogP contribution in [0.5, 0.6) is 0 Å². The second-order valence-electron chi connectivity index (χ2n) is 8.74. The lowest BCUT2D eigenvalue weighted by molar-refractivity contribution is -0.132. The highest BCUT2D eigenvalue weighted by Gasteiger charge is 2.48. The first-order valence-corrected chi connectivity index (χ1v) is 12.3. The number of nitrogen functional groups attached to an aromatic ring is 1. The van der Waals surface area contributed by atoms with E-state index in [4.69, 9.17) is 31.1 Å². The standard InChI is InChI=1S/C24H34FN5O6/c1-3-5-6-7-8-9-10-11-12-34-23(32)35-16-33-14-24(4-2)17(31)13-18(36-24)30-15-27-19-20(26)28-22(25)29-21(19)30/h2,15,17-18,31H,3,5-14,16H2,1H3,(H2,26,28,29)/t17-,18+,24+/m0/s1. The number of terminal acetylenes is 1. The van der Waals surface area contributed by atoms with E-state index < -0.39 is 37.0 Å². The van der Waals surface area contributed by atoms with Crippen LogP contribution in [0.3, 0.4) is 0 Å². The van der Waals surface area contributed by atoms with Gasteiger partial charge in [0.1, 0.15) is 12.3 Å². The third kappa shape index (κ3) is 7.02. The van der Waals surface area contributed by atoms with Gasteiger partial charge in [-0.1, -0.05) is 57.8 Å². The highest BCUT2D eigenvalue weighted by molar-refractivity contribution is 5.81. The second kappa shape index (κ2) is 13.3. The van der Waals surface area contributed by atoms with Gasteiger partial charge in [0, 0.05) is 6.42 Å². The van der Waals surface area contributed by atoms with Crippen molar-refractivity contribution >= 4 is 23.1 Å². The van der Waals surface area contributed by atoms with Crippen LogP contribution in [0.1, 0.15) is 70.9 Å². The number of aromatic nitrogens is 4. The van der Waals surface area contributed by atoms with Crippen LogP contribution in [-0.4, -0.2) is 62.5 Å². The maximum absolute atomic E-state index is 13.7. The molecule has 0 aliphatic carbocycles. The molecule has 0 unspecified atom stereocenters. The first kappa shape index (κ1) is 27.6. The van der Waals surface area contributed by atoms with E-state index in [9.17, 15) is 14.3 Å². The minimum atomic E-state index is -1.53. The fraction of sp³-hybridized carbons (Fsp3) is 0.667. The van der Waals surface area contributed by atoms with Gasteiger partial charge in [-0.3, -0.25) is 4.57 Å². The van der Waals surface area contributed by atoms with Crippen LogP contribution in [0.4, 0.5) is 15.0 Å². The van der Waals surface area contributed by atoms with E-state index in [1.807, 2.05) is 0 Å². The summed E-state index contributed by atoms with van der Waals surface area (Å²) >= 11 is 0. The summed E-state index contributed by atoms with van der Waals surface area (Å²) in [6, 6.07) is 0. The van der Waals surface area contributed by atoms with Gasteiger partial charge < -0.3 is 29.8 Å². The quantitative estimate of drug-likeness (QED) is 0.128. The first-order valence-electron chi connectivity index (χ1n) is 12.3. The molecule has 1 saturated heterocycles. The van der Waals surface area contributed by atoms with Crippen molar-refractivity contribution in [3.63, 3.8) is 0 Å². The predicted molar refractivity (Wildman–Crippen MR) is 128 cm³/mol. The Bertz CT molecular complexity index is 1040. The number of aliphatic hydroxyl groups is 1. The molecule has 1 aliphatic rings. The van der Waals surface area contributed by atoms with Crippen molar-refractivity contribution < 1.29 is 33.2 Å². The number of carbonyl (C=O) groups is 1. The zero-order valence-electron chi connectivity index (χ0n) is 20.5. The minimum absolute atomic E-state index is 0.0616. The number of anilines is 1. The molecule has 3 heterocycles. The monoisotopic (exact) mass is 507 g/mol. The number of nitrogens with two attached hydrogens (primary N) is 1. The molecule has 3 N–H and O–H groups in total. The van der Waals surface area contributed by atoms with E-state index in [1.165, 1.54) is 43.0 Å². The fourth-order valence-corrected chi connectivity index (χ4v) is 4.06. The maximum atomic E-state index is 13.7. The Labute approximate surface area is 209 Å². The summed E-state index contributed by atoms with van der Waals surface area (Å²) in [5.74, 6) is 2.30. The van der Waals surface area contributed by atoms with Gasteiger partial charge in [0.2, 0.25) is 0 Å². The molecule has 36 heavy (non-hydrogen) atoms. The first-order chi connectivity index (χ1) is 17.4. The molecular weight excluding hydrogens is 473 g/mol. The fourth-order valence-electron chi connectivity index (χ4n) is 4.06. The maximum Gasteiger partial charge on any atom is 0.510 e. The molecule has 0 aromatic carbocycles. The lowest BCUT2D eigenvalue weighted by Gasteiger charge is -2.26. The summed E-state index contributed by atoms with van der Waals surface area (Å²) in [6.07, 6.45) is 12.4. The highest BCUT2D eigenvalue weighted by Crippen LogP contribution is 2.38. The second-order valence-corrected chi connectivity index (χ2v) is 8.74. The molecule has 12 heteroatoms. The average molecular weight is 508 g/mol. The Kier molecular flexibility index (Phi) is 10.2. The van der Waals surface area contributed by atoms with Crippen LogP contribution < -0.4 is 5.73 Å². The molecule has 0 amide bonds. The Balaban J connectivity index is 1.39.